The van der Waals surface area contributed by atoms with Crippen molar-refractivity contribution in [3.8, 4) is 6.07 Å². The van der Waals surface area contributed by atoms with Gasteiger partial charge in [-0.1, -0.05) is 6.92 Å². The van der Waals surface area contributed by atoms with Crippen molar-refractivity contribution in [2.24, 2.45) is 0 Å². The predicted octanol–water partition coefficient (Wildman–Crippen LogP) is 1.34. The summed E-state index contributed by atoms with van der Waals surface area (Å²) in [4.78, 5) is 2.33. The normalized spacial score (nSPS) is 18.3. The Hall–Kier alpha value is -0.630. The van der Waals surface area contributed by atoms with Crippen molar-refractivity contribution in [1.82, 2.24) is 15.5 Å². The summed E-state index contributed by atoms with van der Waals surface area (Å²) in [6.07, 6.45) is 5.18. The third kappa shape index (κ3) is 6.34. The smallest absolute Gasteiger partial charge is 0.0621 e. The number of likely N-dealkylation sites (N-methyl/N-ethyl adjacent to an activating group) is 1. The van der Waals surface area contributed by atoms with Gasteiger partial charge in [-0.3, -0.25) is 0 Å². The molecule has 1 saturated heterocycles. The van der Waals surface area contributed by atoms with Crippen LogP contribution in [0.2, 0.25) is 0 Å². The Morgan fingerprint density at radius 1 is 1.33 bits per heavy atom. The summed E-state index contributed by atoms with van der Waals surface area (Å²) < 4.78 is 0. The lowest BCUT2D eigenvalue weighted by molar-refractivity contribution is 0.161. The molecule has 1 aliphatic heterocycles. The summed E-state index contributed by atoms with van der Waals surface area (Å²) in [5.74, 6) is 0. The van der Waals surface area contributed by atoms with Crippen molar-refractivity contribution < 1.29 is 0 Å². The van der Waals surface area contributed by atoms with Crippen LogP contribution in [0.1, 0.15) is 39.0 Å². The average Bonchev–Trinajstić information content (AvgIpc) is 2.33. The maximum atomic E-state index is 8.58. The molecule has 4 nitrogen and oxygen atoms in total. The molecule has 1 aliphatic rings. The highest BCUT2D eigenvalue weighted by Gasteiger charge is 2.22. The van der Waals surface area contributed by atoms with E-state index in [1.165, 1.54) is 25.9 Å². The summed E-state index contributed by atoms with van der Waals surface area (Å²) in [6, 6.07) is 3.50. The Kier molecular flexibility index (Phi) is 7.99. The highest BCUT2D eigenvalue weighted by molar-refractivity contribution is 4.83. The molecule has 1 unspecified atom stereocenters. The van der Waals surface area contributed by atoms with Gasteiger partial charge in [0.25, 0.3) is 0 Å². The zero-order valence-electron chi connectivity index (χ0n) is 11.9. The van der Waals surface area contributed by atoms with E-state index in [1.54, 1.807) is 0 Å². The lowest BCUT2D eigenvalue weighted by Crippen LogP contribution is -2.56. The zero-order chi connectivity index (χ0) is 13.2. The van der Waals surface area contributed by atoms with Gasteiger partial charge in [-0.2, -0.15) is 5.26 Å². The molecule has 4 heteroatoms. The minimum absolute atomic E-state index is 0.573. The number of rotatable bonds is 10. The quantitative estimate of drug-likeness (QED) is 0.576. The topological polar surface area (TPSA) is 51.1 Å². The molecule has 1 fully saturated rings. The van der Waals surface area contributed by atoms with Crippen molar-refractivity contribution in [1.29, 1.82) is 5.26 Å². The largest absolute Gasteiger partial charge is 0.314 e. The van der Waals surface area contributed by atoms with Crippen LogP contribution in [-0.2, 0) is 0 Å². The third-order valence-corrected chi connectivity index (χ3v) is 3.51. The molecule has 0 aromatic carbocycles. The van der Waals surface area contributed by atoms with Crippen molar-refractivity contribution >= 4 is 0 Å². The average molecular weight is 252 g/mol. The molecule has 0 bridgehead atoms. The first kappa shape index (κ1) is 15.4. The van der Waals surface area contributed by atoms with E-state index in [0.29, 0.717) is 18.5 Å². The lowest BCUT2D eigenvalue weighted by atomic mass is 10.1. The highest BCUT2D eigenvalue weighted by atomic mass is 15.2. The molecule has 0 spiro atoms. The molecule has 18 heavy (non-hydrogen) atoms. The number of nitriles is 1. The highest BCUT2D eigenvalue weighted by Crippen LogP contribution is 2.06. The van der Waals surface area contributed by atoms with Crippen LogP contribution in [0.25, 0.3) is 0 Å². The van der Waals surface area contributed by atoms with Crippen LogP contribution < -0.4 is 10.6 Å². The Balaban J connectivity index is 2.08. The Morgan fingerprint density at radius 3 is 2.72 bits per heavy atom. The van der Waals surface area contributed by atoms with E-state index >= 15 is 0 Å². The number of nitrogens with one attached hydrogen (secondary N) is 2. The molecule has 0 aromatic rings. The number of hydrogen-bond donors (Lipinski definition) is 2. The summed E-state index contributed by atoms with van der Waals surface area (Å²) in [6.45, 7) is 6.74. The first-order valence-electron chi connectivity index (χ1n) is 7.28. The maximum Gasteiger partial charge on any atom is 0.0621 e. The predicted molar refractivity (Wildman–Crippen MR) is 75.5 cm³/mol. The van der Waals surface area contributed by atoms with Gasteiger partial charge in [0, 0.05) is 31.6 Å². The van der Waals surface area contributed by atoms with Crippen molar-refractivity contribution in [3.63, 3.8) is 0 Å². The molecular weight excluding hydrogens is 224 g/mol. The second kappa shape index (κ2) is 9.32. The van der Waals surface area contributed by atoms with Gasteiger partial charge in [0.1, 0.15) is 0 Å². The number of unbranched alkanes of at least 4 members (excludes halogenated alkanes) is 1. The second-order valence-corrected chi connectivity index (χ2v) is 5.36. The van der Waals surface area contributed by atoms with Gasteiger partial charge in [-0.05, 0) is 45.8 Å². The van der Waals surface area contributed by atoms with Crippen LogP contribution >= 0.6 is 0 Å². The van der Waals surface area contributed by atoms with Gasteiger partial charge in [0.05, 0.1) is 6.07 Å². The summed E-state index contributed by atoms with van der Waals surface area (Å²) in [5.41, 5.74) is 0. The molecule has 0 aromatic heterocycles. The third-order valence-electron chi connectivity index (χ3n) is 3.51. The van der Waals surface area contributed by atoms with E-state index in [2.05, 4.69) is 35.6 Å². The molecule has 0 radical (unpaired) electrons. The van der Waals surface area contributed by atoms with Crippen LogP contribution in [0.5, 0.6) is 0 Å². The number of nitrogens with zero attached hydrogens (tertiary/aromatic N) is 2. The molecule has 0 aliphatic carbocycles. The van der Waals surface area contributed by atoms with Gasteiger partial charge in [0.15, 0.2) is 0 Å². The summed E-state index contributed by atoms with van der Waals surface area (Å²) >= 11 is 0. The van der Waals surface area contributed by atoms with Crippen LogP contribution in [0, 0.1) is 11.3 Å². The van der Waals surface area contributed by atoms with Crippen molar-refractivity contribution in [2.75, 3.05) is 33.2 Å². The Labute approximate surface area is 112 Å². The molecule has 1 rings (SSSR count). The summed E-state index contributed by atoms with van der Waals surface area (Å²) in [7, 11) is 2.16. The van der Waals surface area contributed by atoms with E-state index in [9.17, 15) is 0 Å². The van der Waals surface area contributed by atoms with E-state index < -0.39 is 0 Å². The van der Waals surface area contributed by atoms with Gasteiger partial charge >= 0.3 is 0 Å². The SMILES string of the molecule is CCCNC(CCCC#N)CCNC1CN(C)C1. The first-order chi connectivity index (χ1) is 8.76. The van der Waals surface area contributed by atoms with E-state index in [4.69, 9.17) is 5.26 Å². The molecule has 0 amide bonds. The minimum atomic E-state index is 0.573. The molecular formula is C14H28N4. The molecule has 2 N–H and O–H groups in total. The molecule has 0 saturated carbocycles. The number of hydrogen-bond acceptors (Lipinski definition) is 4. The van der Waals surface area contributed by atoms with Gasteiger partial charge < -0.3 is 15.5 Å². The fourth-order valence-corrected chi connectivity index (χ4v) is 2.41. The van der Waals surface area contributed by atoms with Crippen molar-refractivity contribution in [3.05, 3.63) is 0 Å². The fraction of sp³-hybridized carbons (Fsp3) is 0.929. The van der Waals surface area contributed by atoms with Crippen LogP contribution in [0.3, 0.4) is 0 Å². The maximum absolute atomic E-state index is 8.58. The lowest BCUT2D eigenvalue weighted by Gasteiger charge is -2.37. The monoisotopic (exact) mass is 252 g/mol. The molecule has 1 atom stereocenters. The molecule has 1 heterocycles. The number of likely N-dealkylation sites (tertiary alicyclic amines) is 1. The van der Waals surface area contributed by atoms with E-state index in [-0.39, 0.29) is 0 Å². The fourth-order valence-electron chi connectivity index (χ4n) is 2.41. The van der Waals surface area contributed by atoms with Crippen LogP contribution in [0.15, 0.2) is 0 Å². The first-order valence-corrected chi connectivity index (χ1v) is 7.28. The van der Waals surface area contributed by atoms with E-state index in [0.717, 1.165) is 25.9 Å². The van der Waals surface area contributed by atoms with Gasteiger partial charge in [0.2, 0.25) is 0 Å². The minimum Gasteiger partial charge on any atom is -0.314 e. The standard InChI is InChI=1S/C14H28N4/c1-3-9-16-13(6-4-5-8-15)7-10-17-14-11-18(2)12-14/h13-14,16-17H,3-7,9-12H2,1-2H3. The second-order valence-electron chi connectivity index (χ2n) is 5.36. The van der Waals surface area contributed by atoms with Crippen LogP contribution in [0.4, 0.5) is 0 Å². The zero-order valence-corrected chi connectivity index (χ0v) is 11.9. The van der Waals surface area contributed by atoms with Gasteiger partial charge in [-0.15, -0.1) is 0 Å². The molecule has 104 valence electrons. The van der Waals surface area contributed by atoms with E-state index in [1.807, 2.05) is 0 Å². The summed E-state index contributed by atoms with van der Waals surface area (Å²) in [5, 5.41) is 15.8. The van der Waals surface area contributed by atoms with Crippen molar-refractivity contribution in [2.45, 2.75) is 51.1 Å². The Morgan fingerprint density at radius 2 is 2.11 bits per heavy atom. The Bertz CT molecular complexity index is 243. The van der Waals surface area contributed by atoms with Crippen LogP contribution in [-0.4, -0.2) is 50.2 Å². The van der Waals surface area contributed by atoms with Gasteiger partial charge in [-0.25, -0.2) is 0 Å².